The fourth-order valence-corrected chi connectivity index (χ4v) is 3.10. The van der Waals surface area contributed by atoms with Gasteiger partial charge in [-0.25, -0.2) is 0 Å². The molecule has 1 aromatic heterocycles. The van der Waals surface area contributed by atoms with Crippen LogP contribution in [-0.2, 0) is 4.74 Å². The number of amides is 1. The van der Waals surface area contributed by atoms with Gasteiger partial charge in [-0.15, -0.1) is 0 Å². The summed E-state index contributed by atoms with van der Waals surface area (Å²) in [5.41, 5.74) is 1.33. The maximum atomic E-state index is 12.6. The van der Waals surface area contributed by atoms with Gasteiger partial charge in [0.1, 0.15) is 17.0 Å². The number of ether oxygens (including phenoxy) is 1. The van der Waals surface area contributed by atoms with Crippen molar-refractivity contribution in [1.29, 1.82) is 0 Å². The summed E-state index contributed by atoms with van der Waals surface area (Å²) in [7, 11) is 0. The van der Waals surface area contributed by atoms with Crippen molar-refractivity contribution in [2.45, 2.75) is 25.9 Å². The minimum Gasteiger partial charge on any atom is -0.376 e. The molecule has 6 nitrogen and oxygen atoms in total. The van der Waals surface area contributed by atoms with E-state index in [4.69, 9.17) is 33.1 Å². The summed E-state index contributed by atoms with van der Waals surface area (Å²) in [5, 5.41) is 10.4. The highest BCUT2D eigenvalue weighted by Crippen LogP contribution is 2.30. The molecule has 0 spiro atoms. The number of nitrogens with one attached hydrogen (secondary N) is 2. The molecule has 1 amide bonds. The van der Waals surface area contributed by atoms with Crippen molar-refractivity contribution in [2.24, 2.45) is 0 Å². The molecule has 25 heavy (non-hydrogen) atoms. The lowest BCUT2D eigenvalue weighted by molar-refractivity contribution is 0.0972. The van der Waals surface area contributed by atoms with Gasteiger partial charge in [0.25, 0.3) is 5.91 Å². The molecule has 1 fully saturated rings. The van der Waals surface area contributed by atoms with E-state index in [0.29, 0.717) is 34.1 Å². The zero-order valence-corrected chi connectivity index (χ0v) is 15.2. The van der Waals surface area contributed by atoms with Crippen LogP contribution >= 0.6 is 23.8 Å². The lowest BCUT2D eigenvalue weighted by Gasteiger charge is -2.13. The normalized spacial score (nSPS) is 16.6. The molecule has 1 atom stereocenters. The molecular weight excluding hydrogens is 362 g/mol. The monoisotopic (exact) mass is 379 g/mol. The van der Waals surface area contributed by atoms with E-state index in [-0.39, 0.29) is 11.2 Å². The number of hydrogen-bond acceptors (Lipinski definition) is 5. The smallest absolute Gasteiger partial charge is 0.263 e. The molecule has 2 aromatic rings. The minimum absolute atomic E-state index is 0.130. The highest BCUT2D eigenvalue weighted by atomic mass is 35.5. The average Bonchev–Trinajstić information content (AvgIpc) is 3.23. The van der Waals surface area contributed by atoms with Gasteiger partial charge in [0.15, 0.2) is 5.11 Å². The van der Waals surface area contributed by atoms with Crippen LogP contribution in [0.1, 0.15) is 29.0 Å². The zero-order valence-electron chi connectivity index (χ0n) is 13.7. The highest BCUT2D eigenvalue weighted by Gasteiger charge is 2.24. The van der Waals surface area contributed by atoms with Gasteiger partial charge in [-0.3, -0.25) is 10.1 Å². The molecule has 1 aliphatic rings. The largest absolute Gasteiger partial charge is 0.376 e. The van der Waals surface area contributed by atoms with E-state index in [1.54, 1.807) is 19.1 Å². The van der Waals surface area contributed by atoms with Gasteiger partial charge in [0.2, 0.25) is 0 Å². The first kappa shape index (κ1) is 17.8. The van der Waals surface area contributed by atoms with Crippen molar-refractivity contribution < 1.29 is 14.1 Å². The van der Waals surface area contributed by atoms with Crippen LogP contribution in [0.4, 0.5) is 0 Å². The van der Waals surface area contributed by atoms with Crippen LogP contribution in [0.5, 0.6) is 0 Å². The standard InChI is InChI=1S/C17H18ClN3O3S/c1-10-14(15(21-24-10)12-6-2-3-7-13(12)18)16(22)20-17(25)19-9-11-5-4-8-23-11/h2-3,6-7,11H,4-5,8-9H2,1H3,(H2,19,20,22,25). The minimum atomic E-state index is -0.390. The van der Waals surface area contributed by atoms with Crippen molar-refractivity contribution in [3.05, 3.63) is 40.6 Å². The number of benzene rings is 1. The lowest BCUT2D eigenvalue weighted by Crippen LogP contribution is -2.42. The molecule has 1 aromatic carbocycles. The molecule has 1 aliphatic heterocycles. The number of thiocarbonyl (C=S) groups is 1. The molecule has 8 heteroatoms. The Balaban J connectivity index is 1.71. The van der Waals surface area contributed by atoms with Gasteiger partial charge in [-0.1, -0.05) is 35.0 Å². The maximum Gasteiger partial charge on any atom is 0.263 e. The van der Waals surface area contributed by atoms with E-state index >= 15 is 0 Å². The number of aryl methyl sites for hydroxylation is 1. The molecule has 0 aliphatic carbocycles. The third-order valence-electron chi connectivity index (χ3n) is 3.96. The van der Waals surface area contributed by atoms with Crippen LogP contribution in [0, 0.1) is 6.92 Å². The Labute approximate surface area is 155 Å². The van der Waals surface area contributed by atoms with Crippen LogP contribution in [-0.4, -0.2) is 35.4 Å². The molecule has 0 radical (unpaired) electrons. The number of nitrogens with zero attached hydrogens (tertiary/aromatic N) is 1. The summed E-state index contributed by atoms with van der Waals surface area (Å²) in [4.78, 5) is 12.6. The van der Waals surface area contributed by atoms with Crippen molar-refractivity contribution in [1.82, 2.24) is 15.8 Å². The Morgan fingerprint density at radius 3 is 2.96 bits per heavy atom. The summed E-state index contributed by atoms with van der Waals surface area (Å²) in [6.45, 7) is 3.01. The van der Waals surface area contributed by atoms with E-state index < -0.39 is 5.91 Å². The van der Waals surface area contributed by atoms with Crippen molar-refractivity contribution in [3.63, 3.8) is 0 Å². The molecular formula is C17H18ClN3O3S. The molecule has 1 saturated heterocycles. The third-order valence-corrected chi connectivity index (χ3v) is 4.54. The van der Waals surface area contributed by atoms with Crippen molar-refractivity contribution in [2.75, 3.05) is 13.2 Å². The van der Waals surface area contributed by atoms with Crippen LogP contribution in [0.15, 0.2) is 28.8 Å². The van der Waals surface area contributed by atoms with Gasteiger partial charge in [-0.05, 0) is 38.0 Å². The highest BCUT2D eigenvalue weighted by molar-refractivity contribution is 7.80. The zero-order chi connectivity index (χ0) is 17.8. The van der Waals surface area contributed by atoms with Crippen LogP contribution in [0.3, 0.4) is 0 Å². The van der Waals surface area contributed by atoms with E-state index in [1.165, 1.54) is 0 Å². The Morgan fingerprint density at radius 1 is 1.44 bits per heavy atom. The van der Waals surface area contributed by atoms with Crippen LogP contribution in [0.25, 0.3) is 11.3 Å². The molecule has 132 valence electrons. The predicted molar refractivity (Wildman–Crippen MR) is 98.7 cm³/mol. The molecule has 3 rings (SSSR count). The first-order chi connectivity index (χ1) is 12.1. The predicted octanol–water partition coefficient (Wildman–Crippen LogP) is 3.09. The molecule has 0 saturated carbocycles. The van der Waals surface area contributed by atoms with Gasteiger partial charge in [0.05, 0.1) is 11.1 Å². The number of carbonyl (C=O) groups is 1. The first-order valence-electron chi connectivity index (χ1n) is 7.98. The van der Waals surface area contributed by atoms with Crippen LogP contribution < -0.4 is 10.6 Å². The topological polar surface area (TPSA) is 76.4 Å². The molecule has 0 bridgehead atoms. The average molecular weight is 380 g/mol. The molecule has 1 unspecified atom stereocenters. The second-order valence-corrected chi connectivity index (χ2v) is 6.56. The number of halogens is 1. The van der Waals surface area contributed by atoms with Crippen molar-refractivity contribution in [3.8, 4) is 11.3 Å². The number of hydrogen-bond donors (Lipinski definition) is 2. The first-order valence-corrected chi connectivity index (χ1v) is 8.77. The Kier molecular flexibility index (Phi) is 5.67. The number of aromatic nitrogens is 1. The third kappa shape index (κ3) is 4.18. The molecule has 2 heterocycles. The number of rotatable bonds is 4. The van der Waals surface area contributed by atoms with Gasteiger partial charge < -0.3 is 14.6 Å². The van der Waals surface area contributed by atoms with E-state index in [2.05, 4.69) is 15.8 Å². The van der Waals surface area contributed by atoms with E-state index in [1.807, 2.05) is 12.1 Å². The van der Waals surface area contributed by atoms with Gasteiger partial charge >= 0.3 is 0 Å². The fraction of sp³-hybridized carbons (Fsp3) is 0.353. The molecule has 2 N–H and O–H groups in total. The van der Waals surface area contributed by atoms with E-state index in [9.17, 15) is 4.79 Å². The quantitative estimate of drug-likeness (QED) is 0.795. The summed E-state index contributed by atoms with van der Waals surface area (Å²) in [6.07, 6.45) is 2.17. The Morgan fingerprint density at radius 2 is 2.24 bits per heavy atom. The summed E-state index contributed by atoms with van der Waals surface area (Å²) < 4.78 is 10.7. The fourth-order valence-electron chi connectivity index (χ4n) is 2.70. The summed E-state index contributed by atoms with van der Waals surface area (Å²) >= 11 is 11.4. The maximum absolute atomic E-state index is 12.6. The number of carbonyl (C=O) groups excluding carboxylic acids is 1. The second-order valence-electron chi connectivity index (χ2n) is 5.74. The summed E-state index contributed by atoms with van der Waals surface area (Å²) in [5.74, 6) is 0.00727. The Hall–Kier alpha value is -1.96. The van der Waals surface area contributed by atoms with Crippen LogP contribution in [0.2, 0.25) is 5.02 Å². The SMILES string of the molecule is Cc1onc(-c2ccccc2Cl)c1C(=O)NC(=S)NCC1CCCO1. The van der Waals surface area contributed by atoms with E-state index in [0.717, 1.165) is 19.4 Å². The van der Waals surface area contributed by atoms with Crippen molar-refractivity contribution >= 4 is 34.8 Å². The lowest BCUT2D eigenvalue weighted by atomic mass is 10.1. The summed E-state index contributed by atoms with van der Waals surface area (Å²) in [6, 6.07) is 7.14. The van der Waals surface area contributed by atoms with Gasteiger partial charge in [0, 0.05) is 18.7 Å². The van der Waals surface area contributed by atoms with Gasteiger partial charge in [-0.2, -0.15) is 0 Å². The Bertz CT molecular complexity index is 787. The second kappa shape index (κ2) is 7.95.